The van der Waals surface area contributed by atoms with Crippen LogP contribution in [0.3, 0.4) is 0 Å². The Morgan fingerprint density at radius 1 is 1.30 bits per heavy atom. The molecule has 6 heteroatoms. The summed E-state index contributed by atoms with van der Waals surface area (Å²) in [5, 5.41) is 18.6. The van der Waals surface area contributed by atoms with Crippen molar-refractivity contribution in [3.05, 3.63) is 63.1 Å². The molecule has 0 aromatic heterocycles. The number of halogens is 2. The second kappa shape index (κ2) is 7.82. The van der Waals surface area contributed by atoms with Crippen molar-refractivity contribution in [2.24, 2.45) is 0 Å². The fourth-order valence-corrected chi connectivity index (χ4v) is 2.48. The number of hydrogen-bond donors (Lipinski definition) is 1. The van der Waals surface area contributed by atoms with Crippen molar-refractivity contribution in [2.45, 2.75) is 0 Å². The van der Waals surface area contributed by atoms with Crippen LogP contribution < -0.4 is 4.74 Å². The van der Waals surface area contributed by atoms with Crippen LogP contribution >= 0.6 is 27.5 Å². The maximum Gasteiger partial charge on any atom is 0.341 e. The first-order valence-electron chi connectivity index (χ1n) is 6.51. The minimum Gasteiger partial charge on any atom is -0.481 e. The van der Waals surface area contributed by atoms with Crippen LogP contribution in [-0.2, 0) is 4.79 Å². The second-order valence-electron chi connectivity index (χ2n) is 4.55. The molecular weight excluding hydrogens is 382 g/mol. The Kier molecular flexibility index (Phi) is 5.80. The predicted molar refractivity (Wildman–Crippen MR) is 92.2 cm³/mol. The Hall–Kier alpha value is -2.29. The molecule has 0 fully saturated rings. The average Bonchev–Trinajstić information content (AvgIpc) is 2.52. The molecular formula is C17H11BrClNO3. The molecule has 0 saturated carbocycles. The summed E-state index contributed by atoms with van der Waals surface area (Å²) in [6.45, 7) is -0.415. The summed E-state index contributed by atoms with van der Waals surface area (Å²) < 4.78 is 5.75. The molecule has 0 spiro atoms. The second-order valence-corrected chi connectivity index (χ2v) is 5.84. The fourth-order valence-electron chi connectivity index (χ4n) is 1.84. The van der Waals surface area contributed by atoms with Gasteiger partial charge in [0.25, 0.3) is 0 Å². The van der Waals surface area contributed by atoms with Crippen molar-refractivity contribution < 1.29 is 14.6 Å². The molecule has 116 valence electrons. The molecule has 1 N–H and O–H groups in total. The SMILES string of the molecule is N#C/C(=C/c1ccc(OCC(=O)O)c(Br)c1)c1ccc(Cl)cc1. The summed E-state index contributed by atoms with van der Waals surface area (Å²) in [6, 6.07) is 14.3. The van der Waals surface area contributed by atoms with E-state index >= 15 is 0 Å². The quantitative estimate of drug-likeness (QED) is 0.595. The van der Waals surface area contributed by atoms with Crippen LogP contribution in [0.15, 0.2) is 46.9 Å². The van der Waals surface area contributed by atoms with Gasteiger partial charge in [0.05, 0.1) is 16.1 Å². The third-order valence-corrected chi connectivity index (χ3v) is 3.77. The molecule has 0 unspecified atom stereocenters. The molecule has 4 nitrogen and oxygen atoms in total. The van der Waals surface area contributed by atoms with Gasteiger partial charge in [-0.1, -0.05) is 29.8 Å². The highest BCUT2D eigenvalue weighted by molar-refractivity contribution is 9.10. The van der Waals surface area contributed by atoms with Gasteiger partial charge in [-0.15, -0.1) is 0 Å². The summed E-state index contributed by atoms with van der Waals surface area (Å²) >= 11 is 9.17. The van der Waals surface area contributed by atoms with E-state index in [1.807, 2.05) is 0 Å². The number of benzene rings is 2. The lowest BCUT2D eigenvalue weighted by Crippen LogP contribution is -2.09. The number of rotatable bonds is 5. The maximum atomic E-state index is 10.5. The zero-order chi connectivity index (χ0) is 16.8. The van der Waals surface area contributed by atoms with E-state index < -0.39 is 12.6 Å². The molecule has 0 amide bonds. The van der Waals surface area contributed by atoms with Gasteiger partial charge < -0.3 is 9.84 Å². The number of carboxylic acid groups (broad SMARTS) is 1. The molecule has 23 heavy (non-hydrogen) atoms. The topological polar surface area (TPSA) is 70.3 Å². The van der Waals surface area contributed by atoms with Crippen LogP contribution in [0.4, 0.5) is 0 Å². The molecule has 2 aromatic rings. The van der Waals surface area contributed by atoms with Gasteiger partial charge in [0.2, 0.25) is 0 Å². The Labute approximate surface area is 146 Å². The van der Waals surface area contributed by atoms with Crippen LogP contribution in [0, 0.1) is 11.3 Å². The third kappa shape index (κ3) is 4.85. The van der Waals surface area contributed by atoms with Crippen molar-refractivity contribution >= 4 is 45.1 Å². The van der Waals surface area contributed by atoms with Gasteiger partial charge in [-0.3, -0.25) is 0 Å². The highest BCUT2D eigenvalue weighted by Gasteiger charge is 2.06. The molecule has 0 saturated heterocycles. The van der Waals surface area contributed by atoms with E-state index in [4.69, 9.17) is 21.4 Å². The van der Waals surface area contributed by atoms with Gasteiger partial charge in [0.15, 0.2) is 6.61 Å². The van der Waals surface area contributed by atoms with E-state index in [2.05, 4.69) is 22.0 Å². The Balaban J connectivity index is 2.27. The van der Waals surface area contributed by atoms with Crippen LogP contribution in [0.25, 0.3) is 11.6 Å². The van der Waals surface area contributed by atoms with Gasteiger partial charge in [-0.2, -0.15) is 5.26 Å². The average molecular weight is 393 g/mol. The maximum absolute atomic E-state index is 10.5. The standard InChI is InChI=1S/C17H11BrClNO3/c18-15-8-11(1-6-16(15)23-10-17(21)22)7-13(9-20)12-2-4-14(19)5-3-12/h1-8H,10H2,(H,21,22)/b13-7-. The number of nitriles is 1. The smallest absolute Gasteiger partial charge is 0.341 e. The number of carbonyl (C=O) groups is 1. The van der Waals surface area contributed by atoms with Gasteiger partial charge in [0.1, 0.15) is 5.75 Å². The lowest BCUT2D eigenvalue weighted by Gasteiger charge is -2.07. The van der Waals surface area contributed by atoms with Crippen molar-refractivity contribution in [1.82, 2.24) is 0 Å². The zero-order valence-electron chi connectivity index (χ0n) is 11.8. The van der Waals surface area contributed by atoms with E-state index in [0.717, 1.165) is 11.1 Å². The van der Waals surface area contributed by atoms with Crippen LogP contribution in [0.2, 0.25) is 5.02 Å². The normalized spacial score (nSPS) is 10.9. The molecule has 0 aliphatic rings. The number of allylic oxidation sites excluding steroid dienone is 1. The molecule has 0 heterocycles. The van der Waals surface area contributed by atoms with Crippen molar-refractivity contribution in [2.75, 3.05) is 6.61 Å². The molecule has 0 atom stereocenters. The van der Waals surface area contributed by atoms with Crippen molar-refractivity contribution in [3.63, 3.8) is 0 Å². The van der Waals surface area contributed by atoms with E-state index in [-0.39, 0.29) is 0 Å². The molecule has 0 radical (unpaired) electrons. The number of aliphatic carboxylic acids is 1. The minimum absolute atomic E-state index is 0.415. The minimum atomic E-state index is -1.05. The number of nitrogens with zero attached hydrogens (tertiary/aromatic N) is 1. The van der Waals surface area contributed by atoms with Gasteiger partial charge in [-0.05, 0) is 57.4 Å². The van der Waals surface area contributed by atoms with Crippen molar-refractivity contribution in [1.29, 1.82) is 5.26 Å². The molecule has 2 rings (SSSR count). The first-order chi connectivity index (χ1) is 11.0. The van der Waals surface area contributed by atoms with Gasteiger partial charge in [0, 0.05) is 5.02 Å². The number of ether oxygens (including phenoxy) is 1. The van der Waals surface area contributed by atoms with Crippen LogP contribution in [-0.4, -0.2) is 17.7 Å². The largest absolute Gasteiger partial charge is 0.481 e. The highest BCUT2D eigenvalue weighted by atomic mass is 79.9. The molecule has 2 aromatic carbocycles. The summed E-state index contributed by atoms with van der Waals surface area (Å²) in [7, 11) is 0. The Morgan fingerprint density at radius 2 is 2.00 bits per heavy atom. The highest BCUT2D eigenvalue weighted by Crippen LogP contribution is 2.28. The molecule has 0 aliphatic heterocycles. The van der Waals surface area contributed by atoms with Crippen molar-refractivity contribution in [3.8, 4) is 11.8 Å². The summed E-state index contributed by atoms with van der Waals surface area (Å²) in [6.07, 6.45) is 1.73. The zero-order valence-corrected chi connectivity index (χ0v) is 14.1. The lowest BCUT2D eigenvalue weighted by atomic mass is 10.0. The Morgan fingerprint density at radius 3 is 2.57 bits per heavy atom. The van der Waals surface area contributed by atoms with E-state index in [1.165, 1.54) is 0 Å². The van der Waals surface area contributed by atoms with E-state index in [0.29, 0.717) is 20.8 Å². The van der Waals surface area contributed by atoms with Gasteiger partial charge in [-0.25, -0.2) is 4.79 Å². The first kappa shape index (κ1) is 17.1. The molecule has 0 bridgehead atoms. The lowest BCUT2D eigenvalue weighted by molar-refractivity contribution is -0.139. The summed E-state index contributed by atoms with van der Waals surface area (Å²) in [4.78, 5) is 10.5. The van der Waals surface area contributed by atoms with Crippen LogP contribution in [0.1, 0.15) is 11.1 Å². The molecule has 0 aliphatic carbocycles. The van der Waals surface area contributed by atoms with Crippen LogP contribution in [0.5, 0.6) is 5.75 Å². The predicted octanol–water partition coefficient (Wildman–Crippen LogP) is 4.63. The third-order valence-electron chi connectivity index (χ3n) is 2.89. The number of carboxylic acids is 1. The Bertz CT molecular complexity index is 794. The van der Waals surface area contributed by atoms with Gasteiger partial charge >= 0.3 is 5.97 Å². The van der Waals surface area contributed by atoms with E-state index in [9.17, 15) is 10.1 Å². The fraction of sp³-hybridized carbons (Fsp3) is 0.0588. The van der Waals surface area contributed by atoms with E-state index in [1.54, 1.807) is 48.5 Å². The monoisotopic (exact) mass is 391 g/mol. The summed E-state index contributed by atoms with van der Waals surface area (Å²) in [5.74, 6) is -0.620. The first-order valence-corrected chi connectivity index (χ1v) is 7.68. The summed E-state index contributed by atoms with van der Waals surface area (Å²) in [5.41, 5.74) is 2.04. The number of hydrogen-bond acceptors (Lipinski definition) is 3.